The molecule has 2 atom stereocenters. The predicted octanol–water partition coefficient (Wildman–Crippen LogP) is 2.11. The summed E-state index contributed by atoms with van der Waals surface area (Å²) in [7, 11) is 2.12. The number of aromatic nitrogens is 1. The molecule has 2 rings (SSSR count). The number of hydrogen-bond acceptors (Lipinski definition) is 4. The molecule has 0 spiro atoms. The molecule has 0 aliphatic carbocycles. The summed E-state index contributed by atoms with van der Waals surface area (Å²) in [5.41, 5.74) is 2.48. The molecule has 0 saturated carbocycles. The Kier molecular flexibility index (Phi) is 4.77. The molecule has 19 heavy (non-hydrogen) atoms. The van der Waals surface area contributed by atoms with E-state index in [0.29, 0.717) is 6.04 Å². The maximum Gasteiger partial charge on any atom is 0.131 e. The van der Waals surface area contributed by atoms with Gasteiger partial charge in [0, 0.05) is 26.4 Å². The van der Waals surface area contributed by atoms with Gasteiger partial charge in [-0.15, -0.1) is 0 Å². The number of ether oxygens (including phenoxy) is 1. The van der Waals surface area contributed by atoms with Crippen molar-refractivity contribution in [2.45, 2.75) is 45.9 Å². The van der Waals surface area contributed by atoms with Crippen LogP contribution in [0.4, 0.5) is 5.82 Å². The Morgan fingerprint density at radius 1 is 1.53 bits per heavy atom. The first-order valence-corrected chi connectivity index (χ1v) is 7.14. The number of aryl methyl sites for hydroxylation is 1. The van der Waals surface area contributed by atoms with Crippen molar-refractivity contribution < 1.29 is 4.74 Å². The number of likely N-dealkylation sites (N-methyl/N-ethyl adjacent to an activating group) is 1. The summed E-state index contributed by atoms with van der Waals surface area (Å²) in [6, 6.07) is 2.66. The van der Waals surface area contributed by atoms with Crippen LogP contribution in [0, 0.1) is 6.92 Å². The van der Waals surface area contributed by atoms with E-state index in [0.717, 1.165) is 31.9 Å². The minimum absolute atomic E-state index is 0.285. The standard InChI is InChI=1S/C15H25N3O/c1-5-16-9-13-8-11(2)15(17-10-13)18(4)14-6-7-19-12(14)3/h8,10,12,14,16H,5-7,9H2,1-4H3. The van der Waals surface area contributed by atoms with Crippen LogP contribution in [-0.2, 0) is 11.3 Å². The number of hydrogen-bond donors (Lipinski definition) is 1. The highest BCUT2D eigenvalue weighted by atomic mass is 16.5. The molecule has 1 N–H and O–H groups in total. The van der Waals surface area contributed by atoms with Gasteiger partial charge >= 0.3 is 0 Å². The third kappa shape index (κ3) is 3.25. The second-order valence-corrected chi connectivity index (χ2v) is 5.31. The van der Waals surface area contributed by atoms with Gasteiger partial charge in [0.25, 0.3) is 0 Å². The van der Waals surface area contributed by atoms with Gasteiger partial charge < -0.3 is 15.0 Å². The largest absolute Gasteiger partial charge is 0.376 e. The van der Waals surface area contributed by atoms with E-state index in [1.165, 1.54) is 11.1 Å². The van der Waals surface area contributed by atoms with E-state index < -0.39 is 0 Å². The number of pyridine rings is 1. The minimum atomic E-state index is 0.285. The SMILES string of the molecule is CCNCc1cnc(N(C)C2CCOC2C)c(C)c1. The molecule has 1 aromatic rings. The number of nitrogens with zero attached hydrogens (tertiary/aromatic N) is 2. The van der Waals surface area contributed by atoms with Crippen molar-refractivity contribution in [1.82, 2.24) is 10.3 Å². The van der Waals surface area contributed by atoms with Crippen molar-refractivity contribution in [2.75, 3.05) is 25.1 Å². The third-order valence-corrected chi connectivity index (χ3v) is 3.85. The zero-order valence-corrected chi connectivity index (χ0v) is 12.4. The first-order chi connectivity index (χ1) is 9.13. The molecular formula is C15H25N3O. The first kappa shape index (κ1) is 14.3. The fourth-order valence-corrected chi connectivity index (χ4v) is 2.75. The molecule has 106 valence electrons. The lowest BCUT2D eigenvalue weighted by atomic mass is 10.1. The predicted molar refractivity (Wildman–Crippen MR) is 78.6 cm³/mol. The van der Waals surface area contributed by atoms with Gasteiger partial charge in [0.1, 0.15) is 5.82 Å². The fourth-order valence-electron chi connectivity index (χ4n) is 2.75. The molecule has 4 nitrogen and oxygen atoms in total. The van der Waals surface area contributed by atoms with E-state index in [1.54, 1.807) is 0 Å². The highest BCUT2D eigenvalue weighted by Gasteiger charge is 2.29. The Morgan fingerprint density at radius 3 is 2.89 bits per heavy atom. The molecule has 1 fully saturated rings. The van der Waals surface area contributed by atoms with Crippen LogP contribution < -0.4 is 10.2 Å². The Labute approximate surface area is 116 Å². The van der Waals surface area contributed by atoms with Gasteiger partial charge in [-0.1, -0.05) is 6.92 Å². The quantitative estimate of drug-likeness (QED) is 0.883. The molecule has 0 amide bonds. The molecule has 2 unspecified atom stereocenters. The van der Waals surface area contributed by atoms with E-state index in [-0.39, 0.29) is 6.10 Å². The maximum atomic E-state index is 5.65. The molecule has 0 aromatic carbocycles. The van der Waals surface area contributed by atoms with Crippen LogP contribution in [0.15, 0.2) is 12.3 Å². The van der Waals surface area contributed by atoms with E-state index in [9.17, 15) is 0 Å². The molecule has 1 aliphatic rings. The van der Waals surface area contributed by atoms with Crippen LogP contribution >= 0.6 is 0 Å². The zero-order valence-electron chi connectivity index (χ0n) is 12.4. The van der Waals surface area contributed by atoms with Gasteiger partial charge in [0.15, 0.2) is 0 Å². The molecular weight excluding hydrogens is 238 g/mol. The third-order valence-electron chi connectivity index (χ3n) is 3.85. The molecule has 1 aromatic heterocycles. The lowest BCUT2D eigenvalue weighted by Gasteiger charge is -2.29. The first-order valence-electron chi connectivity index (χ1n) is 7.14. The normalized spacial score (nSPS) is 22.7. The van der Waals surface area contributed by atoms with Gasteiger partial charge in [-0.25, -0.2) is 4.98 Å². The topological polar surface area (TPSA) is 37.4 Å². The van der Waals surface area contributed by atoms with Crippen molar-refractivity contribution in [3.05, 3.63) is 23.4 Å². The summed E-state index contributed by atoms with van der Waals surface area (Å²) in [5.74, 6) is 1.07. The summed E-state index contributed by atoms with van der Waals surface area (Å²) >= 11 is 0. The highest BCUT2D eigenvalue weighted by Crippen LogP contribution is 2.25. The summed E-state index contributed by atoms with van der Waals surface area (Å²) in [4.78, 5) is 6.91. The number of anilines is 1. The number of rotatable bonds is 5. The van der Waals surface area contributed by atoms with Crippen molar-refractivity contribution >= 4 is 5.82 Å². The van der Waals surface area contributed by atoms with Crippen LogP contribution in [-0.4, -0.2) is 37.3 Å². The Morgan fingerprint density at radius 2 is 2.32 bits per heavy atom. The Balaban J connectivity index is 2.11. The van der Waals surface area contributed by atoms with Gasteiger partial charge in [-0.3, -0.25) is 0 Å². The van der Waals surface area contributed by atoms with Gasteiger partial charge in [-0.05, 0) is 44.0 Å². The Hall–Kier alpha value is -1.13. The average Bonchev–Trinajstić information content (AvgIpc) is 2.82. The van der Waals surface area contributed by atoms with Crippen LogP contribution in [0.5, 0.6) is 0 Å². The summed E-state index contributed by atoms with van der Waals surface area (Å²) in [6.45, 7) is 9.12. The number of nitrogens with one attached hydrogen (secondary N) is 1. The molecule has 0 radical (unpaired) electrons. The second-order valence-electron chi connectivity index (χ2n) is 5.31. The monoisotopic (exact) mass is 263 g/mol. The van der Waals surface area contributed by atoms with Crippen LogP contribution in [0.1, 0.15) is 31.4 Å². The van der Waals surface area contributed by atoms with E-state index >= 15 is 0 Å². The summed E-state index contributed by atoms with van der Waals surface area (Å²) in [6.07, 6.45) is 3.34. The van der Waals surface area contributed by atoms with Gasteiger partial charge in [-0.2, -0.15) is 0 Å². The fraction of sp³-hybridized carbons (Fsp3) is 0.667. The lowest BCUT2D eigenvalue weighted by Crippen LogP contribution is -2.37. The zero-order chi connectivity index (χ0) is 13.8. The van der Waals surface area contributed by atoms with Gasteiger partial charge in [0.2, 0.25) is 0 Å². The summed E-state index contributed by atoms with van der Waals surface area (Å²) < 4.78 is 5.65. The second kappa shape index (κ2) is 6.35. The maximum absolute atomic E-state index is 5.65. The molecule has 0 bridgehead atoms. The van der Waals surface area contributed by atoms with Crippen molar-refractivity contribution in [1.29, 1.82) is 0 Å². The van der Waals surface area contributed by atoms with E-state index in [1.807, 2.05) is 6.20 Å². The van der Waals surface area contributed by atoms with Crippen LogP contribution in [0.3, 0.4) is 0 Å². The smallest absolute Gasteiger partial charge is 0.131 e. The molecule has 4 heteroatoms. The van der Waals surface area contributed by atoms with Gasteiger partial charge in [0.05, 0.1) is 12.1 Å². The van der Waals surface area contributed by atoms with Crippen molar-refractivity contribution in [3.8, 4) is 0 Å². The summed E-state index contributed by atoms with van der Waals surface area (Å²) in [5, 5.41) is 3.33. The molecule has 1 saturated heterocycles. The van der Waals surface area contributed by atoms with Crippen LogP contribution in [0.2, 0.25) is 0 Å². The van der Waals surface area contributed by atoms with Crippen molar-refractivity contribution in [2.24, 2.45) is 0 Å². The molecule has 1 aliphatic heterocycles. The van der Waals surface area contributed by atoms with E-state index in [4.69, 9.17) is 4.74 Å². The average molecular weight is 263 g/mol. The highest BCUT2D eigenvalue weighted by molar-refractivity contribution is 5.48. The van der Waals surface area contributed by atoms with Crippen molar-refractivity contribution in [3.63, 3.8) is 0 Å². The van der Waals surface area contributed by atoms with Crippen LogP contribution in [0.25, 0.3) is 0 Å². The van der Waals surface area contributed by atoms with E-state index in [2.05, 4.69) is 49.1 Å². The minimum Gasteiger partial charge on any atom is -0.376 e. The Bertz CT molecular complexity index is 422. The molecule has 2 heterocycles. The lowest BCUT2D eigenvalue weighted by molar-refractivity contribution is 0.118.